The van der Waals surface area contributed by atoms with Gasteiger partial charge in [0.15, 0.2) is 5.69 Å². The van der Waals surface area contributed by atoms with Crippen molar-refractivity contribution in [3.05, 3.63) is 47.5 Å². The molecule has 28 heavy (non-hydrogen) atoms. The molecule has 1 aliphatic carbocycles. The molecule has 8 heteroatoms. The molecule has 4 rings (SSSR count). The molecule has 1 aromatic heterocycles. The highest BCUT2D eigenvalue weighted by Crippen LogP contribution is 2.27. The molecule has 0 N–H and O–H groups in total. The summed E-state index contributed by atoms with van der Waals surface area (Å²) in [6.07, 6.45) is 7.44. The molecular weight excluding hydrogens is 361 g/mol. The van der Waals surface area contributed by atoms with Crippen LogP contribution in [-0.2, 0) is 11.3 Å². The van der Waals surface area contributed by atoms with Crippen LogP contribution in [0.1, 0.15) is 54.2 Å². The molecule has 2 aromatic rings. The normalized spacial score (nSPS) is 18.5. The van der Waals surface area contributed by atoms with Crippen LogP contribution in [0.25, 0.3) is 0 Å². The van der Waals surface area contributed by atoms with E-state index >= 15 is 0 Å². The molecule has 0 unspecified atom stereocenters. The van der Waals surface area contributed by atoms with Crippen molar-refractivity contribution in [2.45, 2.75) is 44.7 Å². The van der Waals surface area contributed by atoms with Gasteiger partial charge in [0.25, 0.3) is 5.91 Å². The van der Waals surface area contributed by atoms with E-state index < -0.39 is 0 Å². The van der Waals surface area contributed by atoms with Gasteiger partial charge in [-0.2, -0.15) is 0 Å². The van der Waals surface area contributed by atoms with Crippen molar-refractivity contribution >= 4 is 11.8 Å². The Morgan fingerprint density at radius 1 is 1.18 bits per heavy atom. The van der Waals surface area contributed by atoms with Crippen LogP contribution in [0.2, 0.25) is 0 Å². The molecule has 1 aliphatic heterocycles. The second-order valence-corrected chi connectivity index (χ2v) is 7.55. The number of rotatable bonds is 4. The molecule has 0 radical (unpaired) electrons. The minimum atomic E-state index is -0.320. The van der Waals surface area contributed by atoms with Crippen LogP contribution < -0.4 is 0 Å². The van der Waals surface area contributed by atoms with E-state index in [0.717, 1.165) is 18.4 Å². The second-order valence-electron chi connectivity index (χ2n) is 7.55. The lowest BCUT2D eigenvalue weighted by Crippen LogP contribution is -2.51. The number of hydrogen-bond acceptors (Lipinski definition) is 4. The smallest absolute Gasteiger partial charge is 0.276 e. The average Bonchev–Trinajstić information content (AvgIpc) is 3.20. The van der Waals surface area contributed by atoms with Crippen LogP contribution >= 0.6 is 0 Å². The minimum Gasteiger partial charge on any atom is -0.335 e. The summed E-state index contributed by atoms with van der Waals surface area (Å²) in [5.74, 6) is -0.732. The fraction of sp³-hybridized carbons (Fsp3) is 0.500. The predicted octanol–water partition coefficient (Wildman–Crippen LogP) is 2.41. The van der Waals surface area contributed by atoms with Crippen LogP contribution in [0.5, 0.6) is 0 Å². The summed E-state index contributed by atoms with van der Waals surface area (Å²) in [5.41, 5.74) is 1.03. The van der Waals surface area contributed by atoms with Crippen molar-refractivity contribution in [3.8, 4) is 0 Å². The number of nitrogens with zero attached hydrogens (tertiary/aromatic N) is 5. The van der Waals surface area contributed by atoms with Gasteiger partial charge in [-0.15, -0.1) is 5.10 Å². The van der Waals surface area contributed by atoms with E-state index in [9.17, 15) is 14.0 Å². The Morgan fingerprint density at radius 3 is 2.75 bits per heavy atom. The van der Waals surface area contributed by atoms with E-state index in [2.05, 4.69) is 10.3 Å². The zero-order valence-corrected chi connectivity index (χ0v) is 15.8. The molecule has 0 spiro atoms. The van der Waals surface area contributed by atoms with Gasteiger partial charge in [-0.25, -0.2) is 9.07 Å². The van der Waals surface area contributed by atoms with Crippen molar-refractivity contribution < 1.29 is 14.0 Å². The maximum Gasteiger partial charge on any atom is 0.276 e. The van der Waals surface area contributed by atoms with Crippen LogP contribution in [-0.4, -0.2) is 56.2 Å². The van der Waals surface area contributed by atoms with Gasteiger partial charge in [-0.1, -0.05) is 36.6 Å². The molecule has 7 nitrogen and oxygen atoms in total. The van der Waals surface area contributed by atoms with E-state index in [1.165, 1.54) is 36.3 Å². The van der Waals surface area contributed by atoms with Crippen LogP contribution in [0, 0.1) is 5.82 Å². The van der Waals surface area contributed by atoms with Crippen molar-refractivity contribution in [3.63, 3.8) is 0 Å². The standard InChI is InChI=1S/C20H24FN5O2/c21-16-6-4-5-15(11-16)12-24-9-10-25(14-19(24)27)20(28)18-13-26(23-22-18)17-7-2-1-3-8-17/h4-6,11,13,17H,1-3,7-10,12,14H2. The van der Waals surface area contributed by atoms with Gasteiger partial charge >= 0.3 is 0 Å². The molecule has 2 aliphatic rings. The lowest BCUT2D eigenvalue weighted by molar-refractivity contribution is -0.135. The lowest BCUT2D eigenvalue weighted by Gasteiger charge is -2.34. The molecule has 1 saturated heterocycles. The maximum absolute atomic E-state index is 13.3. The predicted molar refractivity (Wildman–Crippen MR) is 99.9 cm³/mol. The topological polar surface area (TPSA) is 71.3 Å². The highest BCUT2D eigenvalue weighted by molar-refractivity contribution is 5.95. The van der Waals surface area contributed by atoms with Crippen LogP contribution in [0.4, 0.5) is 4.39 Å². The second kappa shape index (κ2) is 8.08. The third-order valence-electron chi connectivity index (χ3n) is 5.55. The quantitative estimate of drug-likeness (QED) is 0.810. The van der Waals surface area contributed by atoms with E-state index in [4.69, 9.17) is 0 Å². The number of amides is 2. The van der Waals surface area contributed by atoms with Crippen LogP contribution in [0.15, 0.2) is 30.5 Å². The number of benzene rings is 1. The van der Waals surface area contributed by atoms with Gasteiger partial charge in [0, 0.05) is 19.6 Å². The molecule has 2 heterocycles. The molecule has 0 atom stereocenters. The van der Waals surface area contributed by atoms with E-state index in [0.29, 0.717) is 25.7 Å². The third-order valence-corrected chi connectivity index (χ3v) is 5.55. The summed E-state index contributed by atoms with van der Waals surface area (Å²) in [6, 6.07) is 6.53. The highest BCUT2D eigenvalue weighted by Gasteiger charge is 2.29. The van der Waals surface area contributed by atoms with Crippen molar-refractivity contribution in [1.82, 2.24) is 24.8 Å². The van der Waals surface area contributed by atoms with Gasteiger partial charge < -0.3 is 9.80 Å². The Bertz CT molecular complexity index is 862. The molecule has 2 amide bonds. The third kappa shape index (κ3) is 4.05. The fourth-order valence-corrected chi connectivity index (χ4v) is 3.97. The Kier molecular flexibility index (Phi) is 5.36. The van der Waals surface area contributed by atoms with Gasteiger partial charge in [0.05, 0.1) is 12.2 Å². The van der Waals surface area contributed by atoms with Gasteiger partial charge in [-0.05, 0) is 30.5 Å². The zero-order chi connectivity index (χ0) is 19.5. The summed E-state index contributed by atoms with van der Waals surface area (Å²) >= 11 is 0. The lowest BCUT2D eigenvalue weighted by atomic mass is 9.96. The molecule has 148 valence electrons. The molecule has 0 bridgehead atoms. The van der Waals surface area contributed by atoms with E-state index in [1.54, 1.807) is 27.9 Å². The Labute approximate surface area is 163 Å². The minimum absolute atomic E-state index is 0.00440. The number of halogens is 1. The monoisotopic (exact) mass is 385 g/mol. The molecular formula is C20H24FN5O2. The van der Waals surface area contributed by atoms with Gasteiger partial charge in [0.1, 0.15) is 12.4 Å². The SMILES string of the molecule is O=C1CN(C(=O)c2cn(C3CCCCC3)nn2)CCN1Cc1cccc(F)c1. The maximum atomic E-state index is 13.3. The number of carbonyl (C=O) groups excluding carboxylic acids is 2. The molecule has 2 fully saturated rings. The van der Waals surface area contributed by atoms with E-state index in [1.807, 2.05) is 0 Å². The number of aromatic nitrogens is 3. The largest absolute Gasteiger partial charge is 0.335 e. The number of hydrogen-bond donors (Lipinski definition) is 0. The summed E-state index contributed by atoms with van der Waals surface area (Å²) in [5, 5.41) is 8.19. The van der Waals surface area contributed by atoms with Crippen molar-refractivity contribution in [1.29, 1.82) is 0 Å². The first kappa shape index (κ1) is 18.6. The van der Waals surface area contributed by atoms with Crippen LogP contribution in [0.3, 0.4) is 0 Å². The van der Waals surface area contributed by atoms with Crippen molar-refractivity contribution in [2.75, 3.05) is 19.6 Å². The zero-order valence-electron chi connectivity index (χ0n) is 15.8. The summed E-state index contributed by atoms with van der Waals surface area (Å²) in [4.78, 5) is 28.4. The Balaban J connectivity index is 1.36. The first-order valence-corrected chi connectivity index (χ1v) is 9.83. The van der Waals surface area contributed by atoms with E-state index in [-0.39, 0.29) is 29.9 Å². The first-order chi connectivity index (χ1) is 13.6. The fourth-order valence-electron chi connectivity index (χ4n) is 3.97. The molecule has 1 saturated carbocycles. The highest BCUT2D eigenvalue weighted by atomic mass is 19.1. The Hall–Kier alpha value is -2.77. The van der Waals surface area contributed by atoms with Crippen molar-refractivity contribution in [2.24, 2.45) is 0 Å². The molecule has 1 aromatic carbocycles. The van der Waals surface area contributed by atoms with Gasteiger partial charge in [-0.3, -0.25) is 9.59 Å². The van der Waals surface area contributed by atoms with Gasteiger partial charge in [0.2, 0.25) is 5.91 Å². The summed E-state index contributed by atoms with van der Waals surface area (Å²) in [7, 11) is 0. The average molecular weight is 385 g/mol. The number of piperazine rings is 1. The summed E-state index contributed by atoms with van der Waals surface area (Å²) < 4.78 is 15.1. The summed E-state index contributed by atoms with van der Waals surface area (Å²) in [6.45, 7) is 1.19. The first-order valence-electron chi connectivity index (χ1n) is 9.83. The number of carbonyl (C=O) groups is 2. The Morgan fingerprint density at radius 2 is 2.00 bits per heavy atom.